The van der Waals surface area contributed by atoms with Gasteiger partial charge in [0, 0.05) is 17.3 Å². The van der Waals surface area contributed by atoms with Gasteiger partial charge in [-0.1, -0.05) is 31.9 Å². The molecule has 92 valence electrons. The van der Waals surface area contributed by atoms with Crippen LogP contribution >= 0.6 is 22.9 Å². The van der Waals surface area contributed by atoms with Crippen LogP contribution in [0.15, 0.2) is 12.1 Å². The first-order chi connectivity index (χ1) is 7.67. The largest absolute Gasteiger partial charge is 0.306 e. The second-order valence-corrected chi connectivity index (χ2v) is 6.14. The maximum atomic E-state index is 6.01. The van der Waals surface area contributed by atoms with Crippen LogP contribution in [0.25, 0.3) is 0 Å². The number of likely N-dealkylation sites (N-methyl/N-ethyl adjacent to an activating group) is 1. The minimum atomic E-state index is 0.652. The number of thiophene rings is 1. The normalized spacial score (nSPS) is 13.3. The maximum absolute atomic E-state index is 6.01. The van der Waals surface area contributed by atoms with E-state index in [9.17, 15) is 0 Å². The highest BCUT2D eigenvalue weighted by atomic mass is 35.5. The Hall–Kier alpha value is -0.0500. The molecule has 0 bridgehead atoms. The van der Waals surface area contributed by atoms with Gasteiger partial charge in [-0.2, -0.15) is 0 Å². The zero-order chi connectivity index (χ0) is 12.0. The van der Waals surface area contributed by atoms with E-state index in [1.165, 1.54) is 30.7 Å². The van der Waals surface area contributed by atoms with Crippen molar-refractivity contribution in [3.63, 3.8) is 0 Å². The van der Waals surface area contributed by atoms with Gasteiger partial charge < -0.3 is 4.90 Å². The fourth-order valence-electron chi connectivity index (χ4n) is 2.07. The van der Waals surface area contributed by atoms with Crippen LogP contribution < -0.4 is 0 Å². The average Bonchev–Trinajstić information content (AvgIpc) is 2.64. The highest BCUT2D eigenvalue weighted by Crippen LogP contribution is 2.31. The van der Waals surface area contributed by atoms with E-state index in [0.717, 1.165) is 10.9 Å². The summed E-state index contributed by atoms with van der Waals surface area (Å²) >= 11 is 7.74. The van der Waals surface area contributed by atoms with Crippen molar-refractivity contribution in [1.82, 2.24) is 4.90 Å². The predicted octanol–water partition coefficient (Wildman–Crippen LogP) is 4.63. The molecule has 3 heteroatoms. The van der Waals surface area contributed by atoms with Crippen LogP contribution in [0.5, 0.6) is 0 Å². The number of halogens is 1. The van der Waals surface area contributed by atoms with Gasteiger partial charge in [0.25, 0.3) is 0 Å². The summed E-state index contributed by atoms with van der Waals surface area (Å²) < 4.78 is 0.911. The Morgan fingerprint density at radius 2 is 2.06 bits per heavy atom. The molecule has 0 radical (unpaired) electrons. The van der Waals surface area contributed by atoms with Crippen molar-refractivity contribution in [2.24, 2.45) is 0 Å². The molecule has 1 aromatic rings. The zero-order valence-electron chi connectivity index (χ0n) is 10.5. The fourth-order valence-corrected chi connectivity index (χ4v) is 3.26. The lowest BCUT2D eigenvalue weighted by molar-refractivity contribution is 0.305. The zero-order valence-corrected chi connectivity index (χ0v) is 12.1. The Kier molecular flexibility index (Phi) is 6.40. The van der Waals surface area contributed by atoms with Crippen LogP contribution in [0.2, 0.25) is 4.34 Å². The van der Waals surface area contributed by atoms with E-state index < -0.39 is 0 Å². The molecular formula is C13H22ClNS. The van der Waals surface area contributed by atoms with Gasteiger partial charge >= 0.3 is 0 Å². The first-order valence-corrected chi connectivity index (χ1v) is 7.30. The molecule has 0 saturated heterocycles. The molecule has 16 heavy (non-hydrogen) atoms. The molecule has 1 heterocycles. The molecular weight excluding hydrogens is 238 g/mol. The van der Waals surface area contributed by atoms with Gasteiger partial charge in [-0.05, 0) is 38.6 Å². The summed E-state index contributed by atoms with van der Waals surface area (Å²) in [6, 6.07) is 4.21. The van der Waals surface area contributed by atoms with Gasteiger partial charge in [-0.25, -0.2) is 0 Å². The van der Waals surface area contributed by atoms with E-state index >= 15 is 0 Å². The van der Waals surface area contributed by atoms with Gasteiger partial charge in [0.05, 0.1) is 4.34 Å². The lowest BCUT2D eigenvalue weighted by atomic mass is 10.0. The molecule has 0 aliphatic rings. The maximum Gasteiger partial charge on any atom is 0.0931 e. The second-order valence-electron chi connectivity index (χ2n) is 4.39. The number of hydrogen-bond acceptors (Lipinski definition) is 2. The molecule has 1 atom stereocenters. The van der Waals surface area contributed by atoms with E-state index in [1.54, 1.807) is 11.3 Å². The van der Waals surface area contributed by atoms with Gasteiger partial charge in [-0.3, -0.25) is 0 Å². The topological polar surface area (TPSA) is 3.24 Å². The SMILES string of the molecule is CCCC(CN(C)CCC)c1ccc(Cl)s1. The summed E-state index contributed by atoms with van der Waals surface area (Å²) in [4.78, 5) is 3.86. The second kappa shape index (κ2) is 7.31. The molecule has 0 fully saturated rings. The van der Waals surface area contributed by atoms with E-state index in [-0.39, 0.29) is 0 Å². The molecule has 1 rings (SSSR count). The first-order valence-electron chi connectivity index (χ1n) is 6.11. The highest BCUT2D eigenvalue weighted by Gasteiger charge is 2.14. The highest BCUT2D eigenvalue weighted by molar-refractivity contribution is 7.16. The molecule has 0 saturated carbocycles. The molecule has 0 amide bonds. The Bertz CT molecular complexity index is 298. The summed E-state index contributed by atoms with van der Waals surface area (Å²) in [5.74, 6) is 0.652. The minimum absolute atomic E-state index is 0.652. The van der Waals surface area contributed by atoms with Crippen molar-refractivity contribution in [3.05, 3.63) is 21.3 Å². The molecule has 0 aromatic carbocycles. The number of nitrogens with zero attached hydrogens (tertiary/aromatic N) is 1. The van der Waals surface area contributed by atoms with Crippen LogP contribution in [0.3, 0.4) is 0 Å². The van der Waals surface area contributed by atoms with E-state index in [1.807, 2.05) is 6.07 Å². The van der Waals surface area contributed by atoms with Crippen LogP contribution in [0.1, 0.15) is 43.9 Å². The molecule has 1 nitrogen and oxygen atoms in total. The Morgan fingerprint density at radius 3 is 2.56 bits per heavy atom. The molecule has 0 N–H and O–H groups in total. The summed E-state index contributed by atoms with van der Waals surface area (Å²) in [7, 11) is 2.21. The van der Waals surface area contributed by atoms with Crippen molar-refractivity contribution in [1.29, 1.82) is 0 Å². The molecule has 0 aliphatic heterocycles. The lowest BCUT2D eigenvalue weighted by Gasteiger charge is -2.22. The Balaban J connectivity index is 2.60. The third-order valence-corrected chi connectivity index (χ3v) is 4.16. The van der Waals surface area contributed by atoms with Crippen LogP contribution in [-0.2, 0) is 0 Å². The number of hydrogen-bond donors (Lipinski definition) is 0. The van der Waals surface area contributed by atoms with Gasteiger partial charge in [0.15, 0.2) is 0 Å². The third-order valence-electron chi connectivity index (χ3n) is 2.77. The molecule has 1 aromatic heterocycles. The minimum Gasteiger partial charge on any atom is -0.306 e. The van der Waals surface area contributed by atoms with Gasteiger partial charge in [-0.15, -0.1) is 11.3 Å². The van der Waals surface area contributed by atoms with Crippen molar-refractivity contribution in [2.45, 2.75) is 39.0 Å². The summed E-state index contributed by atoms with van der Waals surface area (Å²) in [5, 5.41) is 0. The van der Waals surface area contributed by atoms with Crippen molar-refractivity contribution in [3.8, 4) is 0 Å². The lowest BCUT2D eigenvalue weighted by Crippen LogP contribution is -2.25. The van der Waals surface area contributed by atoms with Gasteiger partial charge in [0.2, 0.25) is 0 Å². The number of rotatable bonds is 7. The fraction of sp³-hybridized carbons (Fsp3) is 0.692. The summed E-state index contributed by atoms with van der Waals surface area (Å²) in [5.41, 5.74) is 0. The van der Waals surface area contributed by atoms with Crippen LogP contribution in [-0.4, -0.2) is 25.0 Å². The standard InChI is InChI=1S/C13H22ClNS/c1-4-6-11(10-15(3)9-5-2)12-7-8-13(14)16-12/h7-8,11H,4-6,9-10H2,1-3H3. The molecule has 1 unspecified atom stereocenters. The molecule has 0 aliphatic carbocycles. The quantitative estimate of drug-likeness (QED) is 0.690. The average molecular weight is 260 g/mol. The summed E-state index contributed by atoms with van der Waals surface area (Å²) in [6.45, 7) is 6.81. The predicted molar refractivity (Wildman–Crippen MR) is 74.8 cm³/mol. The Labute approximate surface area is 108 Å². The third kappa shape index (κ3) is 4.44. The van der Waals surface area contributed by atoms with E-state index in [4.69, 9.17) is 11.6 Å². The summed E-state index contributed by atoms with van der Waals surface area (Å²) in [6.07, 6.45) is 3.71. The van der Waals surface area contributed by atoms with Crippen LogP contribution in [0.4, 0.5) is 0 Å². The monoisotopic (exact) mass is 259 g/mol. The van der Waals surface area contributed by atoms with E-state index in [0.29, 0.717) is 5.92 Å². The van der Waals surface area contributed by atoms with Crippen molar-refractivity contribution in [2.75, 3.05) is 20.1 Å². The molecule has 0 spiro atoms. The Morgan fingerprint density at radius 1 is 1.31 bits per heavy atom. The smallest absolute Gasteiger partial charge is 0.0931 e. The first kappa shape index (κ1) is 14.0. The van der Waals surface area contributed by atoms with Crippen molar-refractivity contribution >= 4 is 22.9 Å². The van der Waals surface area contributed by atoms with Crippen LogP contribution in [0, 0.1) is 0 Å². The van der Waals surface area contributed by atoms with Crippen molar-refractivity contribution < 1.29 is 0 Å². The van der Waals surface area contributed by atoms with E-state index in [2.05, 4.69) is 31.9 Å². The van der Waals surface area contributed by atoms with Gasteiger partial charge in [0.1, 0.15) is 0 Å².